The van der Waals surface area contributed by atoms with Crippen molar-refractivity contribution >= 4 is 5.97 Å². The van der Waals surface area contributed by atoms with Gasteiger partial charge in [0, 0.05) is 11.8 Å². The average molecular weight is 246 g/mol. The van der Waals surface area contributed by atoms with Gasteiger partial charge in [0.1, 0.15) is 0 Å². The minimum Gasteiger partial charge on any atom is -0.462 e. The Kier molecular flexibility index (Phi) is 3.47. The van der Waals surface area contributed by atoms with Gasteiger partial charge in [0.05, 0.1) is 12.2 Å². The number of ether oxygens (including phenoxy) is 1. The number of esters is 1. The van der Waals surface area contributed by atoms with Gasteiger partial charge < -0.3 is 4.74 Å². The van der Waals surface area contributed by atoms with Crippen molar-refractivity contribution in [3.8, 4) is 6.19 Å². The van der Waals surface area contributed by atoms with Crippen molar-refractivity contribution in [2.24, 2.45) is 0 Å². The summed E-state index contributed by atoms with van der Waals surface area (Å²) in [7, 11) is 0. The average Bonchev–Trinajstić information content (AvgIpc) is 2.38. The summed E-state index contributed by atoms with van der Waals surface area (Å²) < 4.78 is 6.03. The summed E-state index contributed by atoms with van der Waals surface area (Å²) in [6, 6.07) is 1.21. The second kappa shape index (κ2) is 5.05. The van der Waals surface area contributed by atoms with Gasteiger partial charge in [-0.05, 0) is 38.2 Å². The summed E-state index contributed by atoms with van der Waals surface area (Å²) in [6.07, 6.45) is 5.14. The number of nitrogens with zero attached hydrogens (tertiary/aromatic N) is 2. The number of nitriles is 1. The maximum atomic E-state index is 11.8. The fraction of sp³-hybridized carbons (Fsp3) is 0.462. The molecule has 1 aliphatic rings. The number of rotatable bonds is 2. The molecule has 0 unspecified atom stereocenters. The number of hydrogen-bond acceptors (Lipinski definition) is 4. The van der Waals surface area contributed by atoms with E-state index in [1.807, 2.05) is 6.19 Å². The summed E-state index contributed by atoms with van der Waals surface area (Å²) in [6.45, 7) is 2.00. The molecule has 2 rings (SSSR count). The lowest BCUT2D eigenvalue weighted by Gasteiger charge is -2.19. The van der Waals surface area contributed by atoms with Gasteiger partial charge in [0.2, 0.25) is 0 Å². The van der Waals surface area contributed by atoms with Crippen molar-refractivity contribution in [3.05, 3.63) is 33.2 Å². The van der Waals surface area contributed by atoms with E-state index in [4.69, 9.17) is 10.00 Å². The molecule has 5 heteroatoms. The molecule has 1 aromatic heterocycles. The third kappa shape index (κ3) is 2.02. The predicted molar refractivity (Wildman–Crippen MR) is 64.3 cm³/mol. The maximum absolute atomic E-state index is 11.8. The molecule has 1 heterocycles. The SMILES string of the molecule is CCOC(=O)c1cc(=O)n(C#N)c2c1CCCC2. The van der Waals surface area contributed by atoms with E-state index in [0.29, 0.717) is 24.1 Å². The highest BCUT2D eigenvalue weighted by Crippen LogP contribution is 2.23. The Bertz CT molecular complexity index is 581. The van der Waals surface area contributed by atoms with Gasteiger partial charge in [-0.3, -0.25) is 4.79 Å². The van der Waals surface area contributed by atoms with Crippen LogP contribution in [-0.2, 0) is 17.6 Å². The van der Waals surface area contributed by atoms with Crippen LogP contribution in [0.5, 0.6) is 0 Å². The number of aromatic nitrogens is 1. The summed E-state index contributed by atoms with van der Waals surface area (Å²) in [4.78, 5) is 23.6. The van der Waals surface area contributed by atoms with Crippen LogP contribution in [-0.4, -0.2) is 17.1 Å². The van der Waals surface area contributed by atoms with Crippen LogP contribution in [0.2, 0.25) is 0 Å². The third-order valence-corrected chi connectivity index (χ3v) is 3.12. The molecule has 0 saturated heterocycles. The maximum Gasteiger partial charge on any atom is 0.338 e. The Hall–Kier alpha value is -2.09. The highest BCUT2D eigenvalue weighted by molar-refractivity contribution is 5.91. The summed E-state index contributed by atoms with van der Waals surface area (Å²) in [5.41, 5.74) is 1.32. The molecule has 0 aliphatic heterocycles. The normalized spacial score (nSPS) is 13.6. The first kappa shape index (κ1) is 12.4. The molecule has 0 N–H and O–H groups in total. The summed E-state index contributed by atoms with van der Waals surface area (Å²) in [5, 5.41) is 9.00. The topological polar surface area (TPSA) is 72.1 Å². The molecule has 0 saturated carbocycles. The van der Waals surface area contributed by atoms with Crippen LogP contribution in [0, 0.1) is 11.5 Å². The van der Waals surface area contributed by atoms with Crippen LogP contribution < -0.4 is 5.56 Å². The number of hydrogen-bond donors (Lipinski definition) is 0. The molecule has 5 nitrogen and oxygen atoms in total. The second-order valence-electron chi connectivity index (χ2n) is 4.18. The van der Waals surface area contributed by atoms with Crippen LogP contribution in [0.1, 0.15) is 41.4 Å². The summed E-state index contributed by atoms with van der Waals surface area (Å²) in [5.74, 6) is -0.474. The highest BCUT2D eigenvalue weighted by Gasteiger charge is 2.23. The molecular formula is C13H14N2O3. The molecule has 0 aromatic carbocycles. The molecule has 1 aliphatic carbocycles. The molecule has 0 spiro atoms. The van der Waals surface area contributed by atoms with Gasteiger partial charge in [-0.15, -0.1) is 0 Å². The Morgan fingerprint density at radius 2 is 2.22 bits per heavy atom. The van der Waals surface area contributed by atoms with E-state index in [0.717, 1.165) is 23.0 Å². The van der Waals surface area contributed by atoms with E-state index in [9.17, 15) is 9.59 Å². The highest BCUT2D eigenvalue weighted by atomic mass is 16.5. The zero-order chi connectivity index (χ0) is 13.1. The Labute approximate surface area is 105 Å². The molecule has 0 bridgehead atoms. The Balaban J connectivity index is 2.62. The van der Waals surface area contributed by atoms with Crippen LogP contribution >= 0.6 is 0 Å². The lowest BCUT2D eigenvalue weighted by Crippen LogP contribution is -2.27. The molecular weight excluding hydrogens is 232 g/mol. The number of carbonyl (C=O) groups is 1. The van der Waals surface area contributed by atoms with Crippen molar-refractivity contribution in [3.63, 3.8) is 0 Å². The van der Waals surface area contributed by atoms with E-state index in [2.05, 4.69) is 0 Å². The lowest BCUT2D eigenvalue weighted by molar-refractivity contribution is 0.0524. The van der Waals surface area contributed by atoms with Gasteiger partial charge >= 0.3 is 5.97 Å². The van der Waals surface area contributed by atoms with E-state index in [1.54, 1.807) is 6.92 Å². The van der Waals surface area contributed by atoms with Crippen molar-refractivity contribution in [2.45, 2.75) is 32.6 Å². The minimum atomic E-state index is -0.474. The van der Waals surface area contributed by atoms with E-state index in [1.165, 1.54) is 6.07 Å². The van der Waals surface area contributed by atoms with Gasteiger partial charge in [0.15, 0.2) is 6.19 Å². The Morgan fingerprint density at radius 1 is 1.50 bits per heavy atom. The first-order chi connectivity index (χ1) is 8.69. The molecule has 0 fully saturated rings. The van der Waals surface area contributed by atoms with E-state index >= 15 is 0 Å². The fourth-order valence-electron chi connectivity index (χ4n) is 2.34. The van der Waals surface area contributed by atoms with E-state index in [-0.39, 0.29) is 6.61 Å². The zero-order valence-electron chi connectivity index (χ0n) is 10.2. The fourth-order valence-corrected chi connectivity index (χ4v) is 2.34. The molecule has 0 radical (unpaired) electrons. The summed E-state index contributed by atoms with van der Waals surface area (Å²) >= 11 is 0. The molecule has 18 heavy (non-hydrogen) atoms. The second-order valence-corrected chi connectivity index (χ2v) is 4.18. The standard InChI is InChI=1S/C13H14N2O3/c1-2-18-13(17)10-7-12(16)15(8-14)11-6-4-3-5-9(10)11/h7H,2-6H2,1H3. The Morgan fingerprint density at radius 3 is 2.89 bits per heavy atom. The minimum absolute atomic E-state index is 0.273. The first-order valence-electron chi connectivity index (χ1n) is 6.04. The van der Waals surface area contributed by atoms with Gasteiger partial charge in [-0.25, -0.2) is 9.36 Å². The van der Waals surface area contributed by atoms with Crippen LogP contribution in [0.4, 0.5) is 0 Å². The van der Waals surface area contributed by atoms with Crippen molar-refractivity contribution in [1.82, 2.24) is 4.57 Å². The van der Waals surface area contributed by atoms with Crippen LogP contribution in [0.15, 0.2) is 10.9 Å². The van der Waals surface area contributed by atoms with Crippen molar-refractivity contribution in [2.75, 3.05) is 6.61 Å². The smallest absolute Gasteiger partial charge is 0.338 e. The quantitative estimate of drug-likeness (QED) is 0.736. The predicted octanol–water partition coefficient (Wildman–Crippen LogP) is 1.23. The zero-order valence-corrected chi connectivity index (χ0v) is 10.2. The van der Waals surface area contributed by atoms with Crippen molar-refractivity contribution in [1.29, 1.82) is 5.26 Å². The van der Waals surface area contributed by atoms with Gasteiger partial charge in [-0.2, -0.15) is 5.26 Å². The van der Waals surface area contributed by atoms with Crippen molar-refractivity contribution < 1.29 is 9.53 Å². The monoisotopic (exact) mass is 246 g/mol. The lowest BCUT2D eigenvalue weighted by atomic mass is 9.92. The molecule has 94 valence electrons. The molecule has 0 atom stereocenters. The first-order valence-corrected chi connectivity index (χ1v) is 6.04. The number of fused-ring (bicyclic) bond motifs is 1. The molecule has 0 amide bonds. The number of carbonyl (C=O) groups excluding carboxylic acids is 1. The van der Waals surface area contributed by atoms with E-state index < -0.39 is 11.5 Å². The number of pyridine rings is 1. The van der Waals surface area contributed by atoms with Gasteiger partial charge in [-0.1, -0.05) is 0 Å². The van der Waals surface area contributed by atoms with Crippen LogP contribution in [0.3, 0.4) is 0 Å². The van der Waals surface area contributed by atoms with Gasteiger partial charge in [0.25, 0.3) is 5.56 Å². The van der Waals surface area contributed by atoms with Crippen LogP contribution in [0.25, 0.3) is 0 Å². The largest absolute Gasteiger partial charge is 0.462 e. The molecule has 1 aromatic rings. The third-order valence-electron chi connectivity index (χ3n) is 3.12.